The Morgan fingerprint density at radius 2 is 0.906 bits per heavy atom. The van der Waals surface area contributed by atoms with Crippen LogP contribution in [0.15, 0.2) is 124 Å². The zero-order valence-corrected chi connectivity index (χ0v) is 19.9. The molecule has 0 saturated heterocycles. The van der Waals surface area contributed by atoms with Gasteiger partial charge >= 0.3 is 0 Å². The number of benzene rings is 4. The summed E-state index contributed by atoms with van der Waals surface area (Å²) in [6.45, 7) is 0. The van der Waals surface area contributed by atoms with Gasteiger partial charge in [0.25, 0.3) is 0 Å². The number of nitriles is 2. The second kappa shape index (κ2) is 9.40. The highest BCUT2D eigenvalue weighted by Gasteiger charge is 2.30. The summed E-state index contributed by atoms with van der Waals surface area (Å²) in [5.41, 5.74) is 0.900. The lowest BCUT2D eigenvalue weighted by molar-refractivity contribution is 0.982. The van der Waals surface area contributed by atoms with Crippen LogP contribution in [-0.4, -0.2) is 0 Å². The molecule has 0 radical (unpaired) electrons. The minimum Gasteiger partial charge on any atom is -0.192 e. The fourth-order valence-corrected chi connectivity index (χ4v) is 8.23. The Hall–Kier alpha value is -2.74. The van der Waals surface area contributed by atoms with Gasteiger partial charge in [-0.1, -0.05) is 95.6 Å². The van der Waals surface area contributed by atoms with Crippen molar-refractivity contribution in [3.05, 3.63) is 96.1 Å². The lowest BCUT2D eigenvalue weighted by atomic mass is 10.1. The topological polar surface area (TPSA) is 47.6 Å². The largest absolute Gasteiger partial charge is 0.192 e. The van der Waals surface area contributed by atoms with Crippen molar-refractivity contribution in [1.29, 1.82) is 10.5 Å². The normalized spacial score (nSPS) is 11.7. The Kier molecular flexibility index (Phi) is 6.21. The summed E-state index contributed by atoms with van der Waals surface area (Å²) in [4.78, 5) is 8.25. The van der Waals surface area contributed by atoms with Gasteiger partial charge in [0.15, 0.2) is 0 Å². The highest BCUT2D eigenvalue weighted by Crippen LogP contribution is 2.57. The summed E-state index contributed by atoms with van der Waals surface area (Å²) in [5.74, 6) is 0. The molecule has 0 aliphatic carbocycles. The minimum atomic E-state index is 0.450. The maximum Gasteiger partial charge on any atom is 0.102 e. The van der Waals surface area contributed by atoms with E-state index >= 15 is 0 Å². The van der Waals surface area contributed by atoms with Gasteiger partial charge in [-0.2, -0.15) is 10.5 Å². The SMILES string of the molecule is N#Cc1c(C#N)c(Sc2ccccc2)c2c(c1Sc1ccccc1)Sc1ccccc1S2. The third-order valence-corrected chi connectivity index (χ3v) is 9.88. The molecule has 1 heterocycles. The van der Waals surface area contributed by atoms with Crippen LogP contribution in [-0.2, 0) is 0 Å². The van der Waals surface area contributed by atoms with Crippen molar-refractivity contribution in [3.8, 4) is 12.1 Å². The van der Waals surface area contributed by atoms with Gasteiger partial charge in [-0.25, -0.2) is 0 Å². The fraction of sp³-hybridized carbons (Fsp3) is 0. The number of fused-ring (bicyclic) bond motifs is 2. The van der Waals surface area contributed by atoms with Crippen molar-refractivity contribution in [1.82, 2.24) is 0 Å². The Bertz CT molecular complexity index is 1280. The molecule has 0 fully saturated rings. The molecule has 5 rings (SSSR count). The van der Waals surface area contributed by atoms with Gasteiger partial charge in [0, 0.05) is 39.2 Å². The highest BCUT2D eigenvalue weighted by atomic mass is 32.2. The van der Waals surface area contributed by atoms with Crippen LogP contribution in [0.3, 0.4) is 0 Å². The first-order valence-corrected chi connectivity index (χ1v) is 13.0. The summed E-state index contributed by atoms with van der Waals surface area (Å²) < 4.78 is 0. The van der Waals surface area contributed by atoms with Gasteiger partial charge in [-0.3, -0.25) is 0 Å². The fourth-order valence-electron chi connectivity index (χ4n) is 3.31. The molecule has 6 heteroatoms. The Labute approximate surface area is 204 Å². The van der Waals surface area contributed by atoms with E-state index < -0.39 is 0 Å². The molecule has 0 aromatic heterocycles. The lowest BCUT2D eigenvalue weighted by Gasteiger charge is -2.25. The molecule has 0 saturated carbocycles. The van der Waals surface area contributed by atoms with Gasteiger partial charge < -0.3 is 0 Å². The predicted octanol–water partition coefficient (Wildman–Crippen LogP) is 8.35. The molecule has 0 amide bonds. The molecule has 32 heavy (non-hydrogen) atoms. The Morgan fingerprint density at radius 3 is 1.28 bits per heavy atom. The molecular formula is C26H14N2S4. The average molecular weight is 483 g/mol. The summed E-state index contributed by atoms with van der Waals surface area (Å²) in [7, 11) is 0. The van der Waals surface area contributed by atoms with E-state index in [1.54, 1.807) is 47.0 Å². The standard InChI is InChI=1S/C26H14N2S4/c27-15-19-20(16-28)24(30-18-11-5-2-6-12-18)26-25(23(19)29-17-9-3-1-4-10-17)31-21-13-7-8-14-22(21)32-26/h1-14H. The van der Waals surface area contributed by atoms with E-state index in [2.05, 4.69) is 24.3 Å². The second-order valence-electron chi connectivity index (χ2n) is 6.77. The average Bonchev–Trinajstić information content (AvgIpc) is 2.85. The van der Waals surface area contributed by atoms with Crippen molar-refractivity contribution in [3.63, 3.8) is 0 Å². The van der Waals surface area contributed by atoms with Crippen molar-refractivity contribution < 1.29 is 0 Å². The number of hydrogen-bond donors (Lipinski definition) is 0. The van der Waals surface area contributed by atoms with Crippen molar-refractivity contribution >= 4 is 47.0 Å². The minimum absolute atomic E-state index is 0.450. The van der Waals surface area contributed by atoms with Crippen LogP contribution in [0.1, 0.15) is 11.1 Å². The molecule has 152 valence electrons. The molecular weight excluding hydrogens is 469 g/mol. The van der Waals surface area contributed by atoms with Crippen molar-refractivity contribution in [2.45, 2.75) is 39.2 Å². The Balaban J connectivity index is 1.75. The molecule has 0 unspecified atom stereocenters. The van der Waals surface area contributed by atoms with E-state index in [1.807, 2.05) is 72.8 Å². The summed E-state index contributed by atoms with van der Waals surface area (Å²) in [6.07, 6.45) is 0. The third kappa shape index (κ3) is 4.03. The number of rotatable bonds is 4. The molecule has 2 nitrogen and oxygen atoms in total. The van der Waals surface area contributed by atoms with Gasteiger partial charge in [0.05, 0.1) is 11.1 Å². The van der Waals surface area contributed by atoms with Crippen LogP contribution in [0.25, 0.3) is 0 Å². The van der Waals surface area contributed by atoms with E-state index in [1.165, 1.54) is 9.79 Å². The monoisotopic (exact) mass is 482 g/mol. The molecule has 0 spiro atoms. The summed E-state index contributed by atoms with van der Waals surface area (Å²) in [6, 6.07) is 33.1. The number of hydrogen-bond acceptors (Lipinski definition) is 6. The van der Waals surface area contributed by atoms with Crippen molar-refractivity contribution in [2.75, 3.05) is 0 Å². The predicted molar refractivity (Wildman–Crippen MR) is 132 cm³/mol. The molecule has 1 aliphatic heterocycles. The second-order valence-corrected chi connectivity index (χ2v) is 11.0. The summed E-state index contributed by atoms with van der Waals surface area (Å²) >= 11 is 6.48. The van der Waals surface area contributed by atoms with Crippen LogP contribution < -0.4 is 0 Å². The van der Waals surface area contributed by atoms with E-state index in [9.17, 15) is 10.5 Å². The molecule has 0 N–H and O–H groups in total. The van der Waals surface area contributed by atoms with Crippen LogP contribution in [0.2, 0.25) is 0 Å². The van der Waals surface area contributed by atoms with E-state index in [0.717, 1.165) is 29.4 Å². The molecule has 4 aromatic rings. The first kappa shape index (κ1) is 21.1. The van der Waals surface area contributed by atoms with Gasteiger partial charge in [0.1, 0.15) is 12.1 Å². The van der Waals surface area contributed by atoms with E-state index in [0.29, 0.717) is 11.1 Å². The van der Waals surface area contributed by atoms with Crippen LogP contribution >= 0.6 is 47.0 Å². The third-order valence-electron chi connectivity index (χ3n) is 4.75. The maximum atomic E-state index is 10.2. The number of nitrogens with zero attached hydrogens (tertiary/aromatic N) is 2. The first-order chi connectivity index (χ1) is 15.8. The quantitative estimate of drug-likeness (QED) is 0.256. The van der Waals surface area contributed by atoms with Crippen molar-refractivity contribution in [2.24, 2.45) is 0 Å². The molecule has 1 aliphatic rings. The molecule has 4 aromatic carbocycles. The van der Waals surface area contributed by atoms with Gasteiger partial charge in [-0.05, 0) is 36.4 Å². The van der Waals surface area contributed by atoms with Gasteiger partial charge in [-0.15, -0.1) is 0 Å². The lowest BCUT2D eigenvalue weighted by Crippen LogP contribution is -2.01. The zero-order chi connectivity index (χ0) is 21.9. The van der Waals surface area contributed by atoms with E-state index in [-0.39, 0.29) is 0 Å². The smallest absolute Gasteiger partial charge is 0.102 e. The van der Waals surface area contributed by atoms with Crippen LogP contribution in [0, 0.1) is 22.7 Å². The zero-order valence-electron chi connectivity index (χ0n) is 16.6. The molecule has 0 atom stereocenters. The Morgan fingerprint density at radius 1 is 0.531 bits per heavy atom. The van der Waals surface area contributed by atoms with Crippen LogP contribution in [0.4, 0.5) is 0 Å². The van der Waals surface area contributed by atoms with Crippen LogP contribution in [0.5, 0.6) is 0 Å². The summed E-state index contributed by atoms with van der Waals surface area (Å²) in [5, 5.41) is 20.3. The molecule has 0 bridgehead atoms. The highest BCUT2D eigenvalue weighted by molar-refractivity contribution is 8.07. The maximum absolute atomic E-state index is 10.2. The van der Waals surface area contributed by atoms with E-state index in [4.69, 9.17) is 0 Å². The first-order valence-electron chi connectivity index (χ1n) is 9.73. The van der Waals surface area contributed by atoms with Gasteiger partial charge in [0.2, 0.25) is 0 Å².